The number of benzene rings is 2. The number of imidazole rings is 1. The molecule has 0 saturated heterocycles. The van der Waals surface area contributed by atoms with E-state index in [1.165, 1.54) is 18.2 Å². The predicted molar refractivity (Wildman–Crippen MR) is 90.4 cm³/mol. The second-order valence-corrected chi connectivity index (χ2v) is 5.80. The van der Waals surface area contributed by atoms with Crippen molar-refractivity contribution in [3.8, 4) is 0 Å². The average molecular weight is 344 g/mol. The van der Waals surface area contributed by atoms with Crippen LogP contribution in [0, 0.1) is 5.82 Å². The highest BCUT2D eigenvalue weighted by atomic mass is 35.5. The first-order chi connectivity index (χ1) is 11.6. The molecule has 24 heavy (non-hydrogen) atoms. The summed E-state index contributed by atoms with van der Waals surface area (Å²) >= 11 is 5.81. The summed E-state index contributed by atoms with van der Waals surface area (Å²) < 4.78 is 15.7. The molecule has 0 spiro atoms. The second kappa shape index (κ2) is 7.27. The number of hydrogen-bond donors (Lipinski definition) is 1. The van der Waals surface area contributed by atoms with Gasteiger partial charge in [0.05, 0.1) is 11.9 Å². The van der Waals surface area contributed by atoms with Crippen molar-refractivity contribution in [1.29, 1.82) is 0 Å². The quantitative estimate of drug-likeness (QED) is 0.768. The predicted octanol–water partition coefficient (Wildman–Crippen LogP) is 3.65. The fourth-order valence-corrected chi connectivity index (χ4v) is 2.55. The highest BCUT2D eigenvalue weighted by Gasteiger charge is 2.12. The molecule has 0 aliphatic rings. The second-order valence-electron chi connectivity index (χ2n) is 5.36. The van der Waals surface area contributed by atoms with Crippen LogP contribution in [0.2, 0.25) is 5.02 Å². The Balaban J connectivity index is 1.66. The smallest absolute Gasteiger partial charge is 0.254 e. The summed E-state index contributed by atoms with van der Waals surface area (Å²) in [6, 6.07) is 11.7. The molecule has 0 fully saturated rings. The van der Waals surface area contributed by atoms with Gasteiger partial charge >= 0.3 is 0 Å². The van der Waals surface area contributed by atoms with Crippen LogP contribution in [0.15, 0.2) is 61.2 Å². The summed E-state index contributed by atoms with van der Waals surface area (Å²) in [7, 11) is 0. The van der Waals surface area contributed by atoms with Crippen LogP contribution in [0.5, 0.6) is 0 Å². The Morgan fingerprint density at radius 1 is 1.21 bits per heavy atom. The van der Waals surface area contributed by atoms with Crippen molar-refractivity contribution in [2.75, 3.05) is 0 Å². The van der Waals surface area contributed by atoms with Gasteiger partial charge in [-0.3, -0.25) is 4.79 Å². The fourth-order valence-electron chi connectivity index (χ4n) is 2.38. The first kappa shape index (κ1) is 16.2. The Hall–Kier alpha value is -2.66. The molecular weight excluding hydrogens is 329 g/mol. The average Bonchev–Trinajstić information content (AvgIpc) is 3.08. The zero-order chi connectivity index (χ0) is 16.9. The maximum Gasteiger partial charge on any atom is 0.254 e. The molecule has 3 rings (SSSR count). The number of carbonyl (C=O) groups excluding carboxylic acids is 1. The van der Waals surface area contributed by atoms with E-state index in [9.17, 15) is 9.18 Å². The first-order valence-corrected chi connectivity index (χ1v) is 7.76. The first-order valence-electron chi connectivity index (χ1n) is 7.38. The highest BCUT2D eigenvalue weighted by Crippen LogP contribution is 2.15. The van der Waals surface area contributed by atoms with Gasteiger partial charge in [0, 0.05) is 30.5 Å². The zero-order valence-electron chi connectivity index (χ0n) is 12.7. The molecule has 1 N–H and O–H groups in total. The number of nitrogens with one attached hydrogen (secondary N) is 1. The van der Waals surface area contributed by atoms with Crippen LogP contribution in [0.1, 0.15) is 21.5 Å². The Morgan fingerprint density at radius 3 is 2.83 bits per heavy atom. The number of halogens is 2. The van der Waals surface area contributed by atoms with Crippen LogP contribution < -0.4 is 5.32 Å². The van der Waals surface area contributed by atoms with Gasteiger partial charge in [0.1, 0.15) is 5.82 Å². The lowest BCUT2D eigenvalue weighted by Crippen LogP contribution is -2.23. The molecule has 3 aromatic rings. The number of rotatable bonds is 5. The van der Waals surface area contributed by atoms with E-state index in [1.54, 1.807) is 12.5 Å². The molecule has 0 bridgehead atoms. The number of amides is 1. The molecular formula is C18H15ClFN3O. The van der Waals surface area contributed by atoms with Crippen LogP contribution in [-0.4, -0.2) is 15.5 Å². The lowest BCUT2D eigenvalue weighted by molar-refractivity contribution is 0.0947. The van der Waals surface area contributed by atoms with Crippen LogP contribution in [-0.2, 0) is 13.1 Å². The van der Waals surface area contributed by atoms with Crippen LogP contribution in [0.4, 0.5) is 4.39 Å². The van der Waals surface area contributed by atoms with Gasteiger partial charge in [-0.2, -0.15) is 0 Å². The van der Waals surface area contributed by atoms with Crippen molar-refractivity contribution in [3.63, 3.8) is 0 Å². The largest absolute Gasteiger partial charge is 0.348 e. The van der Waals surface area contributed by atoms with Gasteiger partial charge in [-0.1, -0.05) is 35.9 Å². The molecule has 1 aromatic heterocycles. The monoisotopic (exact) mass is 343 g/mol. The molecule has 2 aromatic carbocycles. The third-order valence-electron chi connectivity index (χ3n) is 3.54. The van der Waals surface area contributed by atoms with Gasteiger partial charge in [0.2, 0.25) is 0 Å². The van der Waals surface area contributed by atoms with Crippen LogP contribution in [0.25, 0.3) is 0 Å². The maximum atomic E-state index is 13.7. The topological polar surface area (TPSA) is 46.9 Å². The van der Waals surface area contributed by atoms with Gasteiger partial charge in [-0.15, -0.1) is 0 Å². The Kier molecular flexibility index (Phi) is 4.91. The van der Waals surface area contributed by atoms with Crippen molar-refractivity contribution >= 4 is 17.5 Å². The van der Waals surface area contributed by atoms with E-state index in [4.69, 9.17) is 11.6 Å². The summed E-state index contributed by atoms with van der Waals surface area (Å²) in [5.74, 6) is -1.08. The van der Waals surface area contributed by atoms with Gasteiger partial charge in [-0.05, 0) is 29.3 Å². The molecule has 0 atom stereocenters. The maximum absolute atomic E-state index is 13.7. The number of hydrogen-bond acceptors (Lipinski definition) is 2. The highest BCUT2D eigenvalue weighted by molar-refractivity contribution is 6.31. The van der Waals surface area contributed by atoms with Crippen molar-refractivity contribution < 1.29 is 9.18 Å². The van der Waals surface area contributed by atoms with E-state index in [0.29, 0.717) is 18.1 Å². The van der Waals surface area contributed by atoms with Gasteiger partial charge in [-0.25, -0.2) is 9.37 Å². The minimum Gasteiger partial charge on any atom is -0.348 e. The Bertz CT molecular complexity index is 849. The van der Waals surface area contributed by atoms with E-state index in [1.807, 2.05) is 35.0 Å². The molecule has 0 radical (unpaired) electrons. The third kappa shape index (κ3) is 4.00. The van der Waals surface area contributed by atoms with Crippen molar-refractivity contribution in [1.82, 2.24) is 14.9 Å². The number of aromatic nitrogens is 2. The molecule has 4 nitrogen and oxygen atoms in total. The van der Waals surface area contributed by atoms with Gasteiger partial charge in [0.25, 0.3) is 5.91 Å². The summed E-state index contributed by atoms with van der Waals surface area (Å²) in [6.45, 7) is 1.01. The minimum atomic E-state index is -0.592. The van der Waals surface area contributed by atoms with Crippen molar-refractivity contribution in [3.05, 3.63) is 88.7 Å². The van der Waals surface area contributed by atoms with Gasteiger partial charge < -0.3 is 9.88 Å². The van der Waals surface area contributed by atoms with Crippen LogP contribution in [0.3, 0.4) is 0 Å². The molecule has 0 aliphatic carbocycles. The summed E-state index contributed by atoms with van der Waals surface area (Å²) in [5, 5.41) is 3.04. The summed E-state index contributed by atoms with van der Waals surface area (Å²) in [6.07, 6.45) is 5.36. The summed E-state index contributed by atoms with van der Waals surface area (Å²) in [4.78, 5) is 16.1. The SMILES string of the molecule is O=C(NCc1cccc(Cn2ccnc2)c1)c1cc(Cl)ccc1F. The number of carbonyl (C=O) groups is 1. The lowest BCUT2D eigenvalue weighted by atomic mass is 10.1. The normalized spacial score (nSPS) is 10.6. The molecule has 0 aliphatic heterocycles. The molecule has 122 valence electrons. The van der Waals surface area contributed by atoms with Crippen LogP contribution >= 0.6 is 11.6 Å². The zero-order valence-corrected chi connectivity index (χ0v) is 13.5. The fraction of sp³-hybridized carbons (Fsp3) is 0.111. The Labute approximate surface area is 143 Å². The van der Waals surface area contributed by atoms with E-state index in [2.05, 4.69) is 10.3 Å². The van der Waals surface area contributed by atoms with E-state index >= 15 is 0 Å². The number of nitrogens with zero attached hydrogens (tertiary/aromatic N) is 2. The standard InChI is InChI=1S/C18H15ClFN3O/c19-15-4-5-17(20)16(9-15)18(24)22-10-13-2-1-3-14(8-13)11-23-7-6-21-12-23/h1-9,12H,10-11H2,(H,22,24). The lowest BCUT2D eigenvalue weighted by Gasteiger charge is -2.09. The molecule has 1 heterocycles. The van der Waals surface area contributed by atoms with E-state index < -0.39 is 11.7 Å². The van der Waals surface area contributed by atoms with Crippen molar-refractivity contribution in [2.45, 2.75) is 13.1 Å². The molecule has 0 saturated carbocycles. The summed E-state index contributed by atoms with van der Waals surface area (Å²) in [5.41, 5.74) is 1.97. The molecule has 6 heteroatoms. The van der Waals surface area contributed by atoms with Gasteiger partial charge in [0.15, 0.2) is 0 Å². The molecule has 0 unspecified atom stereocenters. The third-order valence-corrected chi connectivity index (χ3v) is 3.78. The molecule has 1 amide bonds. The minimum absolute atomic E-state index is 0.0583. The Morgan fingerprint density at radius 2 is 2.04 bits per heavy atom. The van der Waals surface area contributed by atoms with E-state index in [0.717, 1.165) is 11.1 Å². The van der Waals surface area contributed by atoms with Crippen molar-refractivity contribution in [2.24, 2.45) is 0 Å². The van der Waals surface area contributed by atoms with E-state index in [-0.39, 0.29) is 5.56 Å².